The number of methoxy groups -OCH3 is 1. The Bertz CT molecular complexity index is 613. The number of hydrogen-bond acceptors (Lipinski definition) is 2. The van der Waals surface area contributed by atoms with E-state index >= 15 is 0 Å². The highest BCUT2D eigenvalue weighted by atomic mass is 35.5. The van der Waals surface area contributed by atoms with E-state index in [0.29, 0.717) is 17.0 Å². The highest BCUT2D eigenvalue weighted by Gasteiger charge is 2.13. The van der Waals surface area contributed by atoms with Gasteiger partial charge in [-0.2, -0.15) is 0 Å². The monoisotopic (exact) mass is 294 g/mol. The third-order valence-corrected chi connectivity index (χ3v) is 3.60. The van der Waals surface area contributed by atoms with Crippen molar-refractivity contribution >= 4 is 11.6 Å². The fourth-order valence-corrected chi connectivity index (χ4v) is 2.30. The smallest absolute Gasteiger partial charge is 0.124 e. The largest absolute Gasteiger partial charge is 0.496 e. The van der Waals surface area contributed by atoms with E-state index in [1.807, 2.05) is 19.1 Å². The first-order valence-electron chi connectivity index (χ1n) is 6.28. The van der Waals surface area contributed by atoms with Gasteiger partial charge < -0.3 is 9.84 Å². The Morgan fingerprint density at radius 3 is 2.65 bits per heavy atom. The zero-order valence-corrected chi connectivity index (χ0v) is 12.1. The van der Waals surface area contributed by atoms with Crippen LogP contribution in [0, 0.1) is 12.7 Å². The highest BCUT2D eigenvalue weighted by molar-refractivity contribution is 6.31. The first-order chi connectivity index (χ1) is 9.51. The van der Waals surface area contributed by atoms with Crippen LogP contribution in [-0.4, -0.2) is 12.2 Å². The second kappa shape index (κ2) is 6.25. The van der Waals surface area contributed by atoms with Gasteiger partial charge >= 0.3 is 0 Å². The first kappa shape index (κ1) is 14.8. The van der Waals surface area contributed by atoms with E-state index in [9.17, 15) is 9.50 Å². The van der Waals surface area contributed by atoms with Gasteiger partial charge in [-0.15, -0.1) is 0 Å². The summed E-state index contributed by atoms with van der Waals surface area (Å²) in [7, 11) is 1.59. The van der Waals surface area contributed by atoms with Crippen molar-refractivity contribution in [2.75, 3.05) is 7.11 Å². The number of halogens is 2. The van der Waals surface area contributed by atoms with Crippen molar-refractivity contribution in [1.82, 2.24) is 0 Å². The summed E-state index contributed by atoms with van der Waals surface area (Å²) in [6.45, 7) is 1.94. The summed E-state index contributed by atoms with van der Waals surface area (Å²) in [5.41, 5.74) is 2.45. The lowest BCUT2D eigenvalue weighted by Gasteiger charge is -2.14. The van der Waals surface area contributed by atoms with Crippen molar-refractivity contribution < 1.29 is 14.2 Å². The molecule has 2 aromatic rings. The Balaban J connectivity index is 2.21. The van der Waals surface area contributed by atoms with E-state index in [2.05, 4.69) is 0 Å². The number of rotatable bonds is 4. The Morgan fingerprint density at radius 1 is 1.25 bits per heavy atom. The molecular formula is C16H16ClFO2. The average Bonchev–Trinajstić information content (AvgIpc) is 2.42. The van der Waals surface area contributed by atoms with Crippen LogP contribution >= 0.6 is 11.6 Å². The van der Waals surface area contributed by atoms with E-state index in [-0.39, 0.29) is 5.82 Å². The van der Waals surface area contributed by atoms with Gasteiger partial charge in [0.15, 0.2) is 0 Å². The van der Waals surface area contributed by atoms with Gasteiger partial charge in [-0.25, -0.2) is 4.39 Å². The van der Waals surface area contributed by atoms with Gasteiger partial charge in [-0.1, -0.05) is 29.8 Å². The molecule has 0 bridgehead atoms. The Morgan fingerprint density at radius 2 is 2.00 bits per heavy atom. The summed E-state index contributed by atoms with van der Waals surface area (Å²) in [5.74, 6) is 0.344. The molecule has 0 saturated heterocycles. The van der Waals surface area contributed by atoms with Crippen LogP contribution in [0.25, 0.3) is 0 Å². The van der Waals surface area contributed by atoms with Crippen LogP contribution in [-0.2, 0) is 6.42 Å². The molecule has 20 heavy (non-hydrogen) atoms. The molecular weight excluding hydrogens is 279 g/mol. The maximum Gasteiger partial charge on any atom is 0.124 e. The molecule has 0 aliphatic rings. The van der Waals surface area contributed by atoms with Crippen molar-refractivity contribution in [3.05, 3.63) is 63.9 Å². The molecule has 1 N–H and O–H groups in total. The summed E-state index contributed by atoms with van der Waals surface area (Å²) in [4.78, 5) is 0. The molecule has 0 amide bonds. The van der Waals surface area contributed by atoms with Crippen molar-refractivity contribution in [2.24, 2.45) is 0 Å². The van der Waals surface area contributed by atoms with E-state index in [4.69, 9.17) is 16.3 Å². The number of aryl methyl sites for hydroxylation is 1. The molecule has 4 heteroatoms. The minimum absolute atomic E-state index is 0.322. The summed E-state index contributed by atoms with van der Waals surface area (Å²) in [6, 6.07) is 9.72. The van der Waals surface area contributed by atoms with Gasteiger partial charge in [0.05, 0.1) is 13.2 Å². The topological polar surface area (TPSA) is 29.5 Å². The van der Waals surface area contributed by atoms with Crippen LogP contribution < -0.4 is 4.74 Å². The second-order valence-corrected chi connectivity index (χ2v) is 5.09. The minimum atomic E-state index is -0.715. The molecule has 0 saturated carbocycles. The summed E-state index contributed by atoms with van der Waals surface area (Å²) < 4.78 is 18.2. The fraction of sp³-hybridized carbons (Fsp3) is 0.250. The Hall–Kier alpha value is -1.58. The molecule has 1 unspecified atom stereocenters. The molecule has 2 aromatic carbocycles. The molecule has 1 atom stereocenters. The van der Waals surface area contributed by atoms with Crippen LogP contribution in [0.3, 0.4) is 0 Å². The van der Waals surface area contributed by atoms with Crippen LogP contribution in [0.1, 0.15) is 22.8 Å². The first-order valence-corrected chi connectivity index (χ1v) is 6.65. The lowest BCUT2D eigenvalue weighted by atomic mass is 10.00. The maximum atomic E-state index is 13.0. The highest BCUT2D eigenvalue weighted by Crippen LogP contribution is 2.27. The van der Waals surface area contributed by atoms with Gasteiger partial charge in [0, 0.05) is 11.4 Å². The van der Waals surface area contributed by atoms with Gasteiger partial charge in [0.1, 0.15) is 11.6 Å². The third-order valence-electron chi connectivity index (χ3n) is 3.25. The van der Waals surface area contributed by atoms with Gasteiger partial charge in [-0.3, -0.25) is 0 Å². The molecule has 0 aliphatic carbocycles. The second-order valence-electron chi connectivity index (χ2n) is 4.68. The predicted molar refractivity (Wildman–Crippen MR) is 77.8 cm³/mol. The number of ether oxygens (including phenoxy) is 1. The molecule has 0 aliphatic heterocycles. The molecule has 0 fully saturated rings. The van der Waals surface area contributed by atoms with Crippen LogP contribution in [0.15, 0.2) is 36.4 Å². The predicted octanol–water partition coefficient (Wildman–Crippen LogP) is 4.07. The maximum absolute atomic E-state index is 13.0. The lowest BCUT2D eigenvalue weighted by Crippen LogP contribution is -2.03. The van der Waals surface area contributed by atoms with Gasteiger partial charge in [0.2, 0.25) is 0 Å². The number of aliphatic hydroxyl groups is 1. The molecule has 0 aromatic heterocycles. The van der Waals surface area contributed by atoms with Crippen LogP contribution in [0.4, 0.5) is 4.39 Å². The summed E-state index contributed by atoms with van der Waals surface area (Å²) in [5, 5.41) is 10.6. The molecule has 0 radical (unpaired) electrons. The van der Waals surface area contributed by atoms with Crippen LogP contribution in [0.2, 0.25) is 5.02 Å². The molecule has 2 rings (SSSR count). The van der Waals surface area contributed by atoms with E-state index in [0.717, 1.165) is 16.9 Å². The van der Waals surface area contributed by atoms with E-state index in [1.165, 1.54) is 12.1 Å². The SMILES string of the molecule is COc1cc(C(O)Cc2ccc(F)cc2Cl)ccc1C. The van der Waals surface area contributed by atoms with Crippen molar-refractivity contribution in [3.8, 4) is 5.75 Å². The normalized spacial score (nSPS) is 12.2. The molecule has 2 nitrogen and oxygen atoms in total. The lowest BCUT2D eigenvalue weighted by molar-refractivity contribution is 0.178. The van der Waals surface area contributed by atoms with Crippen LogP contribution in [0.5, 0.6) is 5.75 Å². The standard InChI is InChI=1S/C16H16ClFO2/c1-10-3-4-12(8-16(10)20-2)15(19)7-11-5-6-13(18)9-14(11)17/h3-6,8-9,15,19H,7H2,1-2H3. The molecule has 0 heterocycles. The van der Waals surface area contributed by atoms with Crippen molar-refractivity contribution in [3.63, 3.8) is 0 Å². The number of aliphatic hydroxyl groups excluding tert-OH is 1. The number of hydrogen-bond donors (Lipinski definition) is 1. The third kappa shape index (κ3) is 3.30. The molecule has 0 spiro atoms. The van der Waals surface area contributed by atoms with Crippen molar-refractivity contribution in [1.29, 1.82) is 0 Å². The summed E-state index contributed by atoms with van der Waals surface area (Å²) >= 11 is 5.97. The van der Waals surface area contributed by atoms with Gasteiger partial charge in [-0.05, 0) is 41.8 Å². The zero-order valence-electron chi connectivity index (χ0n) is 11.4. The summed E-state index contributed by atoms with van der Waals surface area (Å²) in [6.07, 6.45) is -0.391. The van der Waals surface area contributed by atoms with Gasteiger partial charge in [0.25, 0.3) is 0 Å². The number of benzene rings is 2. The van der Waals surface area contributed by atoms with E-state index in [1.54, 1.807) is 19.2 Å². The average molecular weight is 295 g/mol. The Kier molecular flexibility index (Phi) is 4.63. The van der Waals surface area contributed by atoms with E-state index < -0.39 is 6.10 Å². The minimum Gasteiger partial charge on any atom is -0.496 e. The fourth-order valence-electron chi connectivity index (χ4n) is 2.06. The Labute approximate surface area is 122 Å². The van der Waals surface area contributed by atoms with Crippen molar-refractivity contribution in [2.45, 2.75) is 19.4 Å². The molecule has 106 valence electrons. The quantitative estimate of drug-likeness (QED) is 0.921. The zero-order chi connectivity index (χ0) is 14.7.